The van der Waals surface area contributed by atoms with E-state index in [9.17, 15) is 13.2 Å². The van der Waals surface area contributed by atoms with Gasteiger partial charge in [-0.15, -0.1) is 0 Å². The molecule has 0 saturated heterocycles. The van der Waals surface area contributed by atoms with Gasteiger partial charge in [-0.25, -0.2) is 9.97 Å². The second-order valence-electron chi connectivity index (χ2n) is 3.73. The normalized spacial score (nSPS) is 11.4. The highest BCUT2D eigenvalue weighted by Crippen LogP contribution is 2.29. The molecule has 0 radical (unpaired) electrons. The Bertz CT molecular complexity index is 555. The molecule has 0 unspecified atom stereocenters. The second kappa shape index (κ2) is 5.21. The van der Waals surface area contributed by atoms with Crippen molar-refractivity contribution < 1.29 is 13.2 Å². The number of aromatic nitrogens is 3. The minimum Gasteiger partial charge on any atom is -0.370 e. The summed E-state index contributed by atoms with van der Waals surface area (Å²) >= 11 is 0. The Morgan fingerprint density at radius 3 is 2.42 bits per heavy atom. The molecule has 0 aliphatic carbocycles. The lowest BCUT2D eigenvalue weighted by Gasteiger charge is -2.10. The lowest BCUT2D eigenvalue weighted by molar-refractivity contribution is -0.144. The van der Waals surface area contributed by atoms with Crippen LogP contribution in [0.4, 0.5) is 19.0 Å². The third kappa shape index (κ3) is 3.18. The van der Waals surface area contributed by atoms with E-state index in [1.165, 1.54) is 18.5 Å². The molecule has 0 atom stereocenters. The van der Waals surface area contributed by atoms with Crippen LogP contribution in [0.25, 0.3) is 11.3 Å². The van der Waals surface area contributed by atoms with Crippen molar-refractivity contribution in [2.45, 2.75) is 13.1 Å². The fourth-order valence-electron chi connectivity index (χ4n) is 1.52. The van der Waals surface area contributed by atoms with Crippen LogP contribution >= 0.6 is 0 Å². The van der Waals surface area contributed by atoms with Crippen LogP contribution in [-0.4, -0.2) is 21.5 Å². The average Bonchev–Trinajstić information content (AvgIpc) is 2.39. The molecule has 4 nitrogen and oxygen atoms in total. The van der Waals surface area contributed by atoms with Gasteiger partial charge < -0.3 is 5.32 Å². The molecule has 0 aliphatic rings. The van der Waals surface area contributed by atoms with E-state index in [4.69, 9.17) is 0 Å². The summed E-state index contributed by atoms with van der Waals surface area (Å²) in [5, 5.41) is 2.76. The SMILES string of the molecule is CCNc1cc(-c2ccncc2)nc(C(F)(F)F)n1. The maximum absolute atomic E-state index is 12.7. The van der Waals surface area contributed by atoms with Crippen molar-refractivity contribution in [1.29, 1.82) is 0 Å². The van der Waals surface area contributed by atoms with Gasteiger partial charge in [-0.3, -0.25) is 4.98 Å². The van der Waals surface area contributed by atoms with Crippen LogP contribution in [0.5, 0.6) is 0 Å². The highest BCUT2D eigenvalue weighted by molar-refractivity contribution is 5.61. The first-order valence-corrected chi connectivity index (χ1v) is 5.61. The zero-order valence-corrected chi connectivity index (χ0v) is 10.1. The molecule has 7 heteroatoms. The number of hydrogen-bond acceptors (Lipinski definition) is 4. The Hall–Kier alpha value is -2.18. The molecule has 2 rings (SSSR count). The lowest BCUT2D eigenvalue weighted by atomic mass is 10.2. The third-order valence-corrected chi connectivity index (χ3v) is 2.31. The maximum atomic E-state index is 12.7. The fraction of sp³-hybridized carbons (Fsp3) is 0.250. The maximum Gasteiger partial charge on any atom is 0.451 e. The van der Waals surface area contributed by atoms with Gasteiger partial charge in [0.2, 0.25) is 5.82 Å². The van der Waals surface area contributed by atoms with E-state index in [0.29, 0.717) is 12.1 Å². The summed E-state index contributed by atoms with van der Waals surface area (Å²) in [5.74, 6) is -1.01. The smallest absolute Gasteiger partial charge is 0.370 e. The molecule has 19 heavy (non-hydrogen) atoms. The first kappa shape index (κ1) is 13.3. The molecule has 2 aromatic rings. The molecule has 2 heterocycles. The Kier molecular flexibility index (Phi) is 3.64. The first-order chi connectivity index (χ1) is 9.00. The zero-order chi connectivity index (χ0) is 13.9. The Morgan fingerprint density at radius 2 is 1.84 bits per heavy atom. The Morgan fingerprint density at radius 1 is 1.16 bits per heavy atom. The van der Waals surface area contributed by atoms with Crippen molar-refractivity contribution in [3.8, 4) is 11.3 Å². The summed E-state index contributed by atoms with van der Waals surface area (Å²) in [7, 11) is 0. The second-order valence-corrected chi connectivity index (χ2v) is 3.73. The molecule has 0 saturated carbocycles. The van der Waals surface area contributed by atoms with Crippen LogP contribution in [0.2, 0.25) is 0 Å². The molecule has 0 aliphatic heterocycles. The monoisotopic (exact) mass is 268 g/mol. The largest absolute Gasteiger partial charge is 0.451 e. The van der Waals surface area contributed by atoms with Gasteiger partial charge in [0.25, 0.3) is 0 Å². The van der Waals surface area contributed by atoms with E-state index < -0.39 is 12.0 Å². The minimum atomic E-state index is -4.58. The third-order valence-electron chi connectivity index (χ3n) is 2.31. The van der Waals surface area contributed by atoms with Crippen molar-refractivity contribution in [3.05, 3.63) is 36.4 Å². The molecule has 100 valence electrons. The van der Waals surface area contributed by atoms with E-state index in [-0.39, 0.29) is 11.5 Å². The standard InChI is InChI=1S/C12H11F3N4/c1-2-17-10-7-9(8-3-5-16-6-4-8)18-11(19-10)12(13,14)15/h3-7H,2H2,1H3,(H,17,18,19). The molecular formula is C12H11F3N4. The summed E-state index contributed by atoms with van der Waals surface area (Å²) in [6.45, 7) is 2.26. The lowest BCUT2D eigenvalue weighted by Crippen LogP contribution is -2.13. The van der Waals surface area contributed by atoms with Crippen LogP contribution in [0.3, 0.4) is 0 Å². The number of halogens is 3. The Balaban J connectivity index is 2.52. The van der Waals surface area contributed by atoms with E-state index in [1.54, 1.807) is 19.1 Å². The van der Waals surface area contributed by atoms with Crippen molar-refractivity contribution in [3.63, 3.8) is 0 Å². The molecule has 0 aromatic carbocycles. The van der Waals surface area contributed by atoms with Crippen molar-refractivity contribution >= 4 is 5.82 Å². The number of anilines is 1. The highest BCUT2D eigenvalue weighted by Gasteiger charge is 2.35. The molecular weight excluding hydrogens is 257 g/mol. The predicted octanol–water partition coefficient (Wildman–Crippen LogP) is 2.99. The summed E-state index contributed by atoms with van der Waals surface area (Å²) in [6.07, 6.45) is -1.58. The van der Waals surface area contributed by atoms with E-state index in [1.807, 2.05) is 0 Å². The van der Waals surface area contributed by atoms with Gasteiger partial charge in [0.15, 0.2) is 0 Å². The molecule has 0 spiro atoms. The topological polar surface area (TPSA) is 50.7 Å². The van der Waals surface area contributed by atoms with Gasteiger partial charge in [0.05, 0.1) is 5.69 Å². The predicted molar refractivity (Wildman–Crippen MR) is 64.4 cm³/mol. The van der Waals surface area contributed by atoms with Crippen LogP contribution in [-0.2, 0) is 6.18 Å². The number of nitrogens with zero attached hydrogens (tertiary/aromatic N) is 3. The zero-order valence-electron chi connectivity index (χ0n) is 10.1. The van der Waals surface area contributed by atoms with Crippen LogP contribution in [0.15, 0.2) is 30.6 Å². The van der Waals surface area contributed by atoms with Gasteiger partial charge in [-0.1, -0.05) is 0 Å². The van der Waals surface area contributed by atoms with Crippen LogP contribution in [0.1, 0.15) is 12.7 Å². The van der Waals surface area contributed by atoms with Gasteiger partial charge in [0.1, 0.15) is 5.82 Å². The number of rotatable bonds is 3. The number of pyridine rings is 1. The molecule has 0 bridgehead atoms. The molecule has 1 N–H and O–H groups in total. The van der Waals surface area contributed by atoms with Gasteiger partial charge in [-0.05, 0) is 19.1 Å². The highest BCUT2D eigenvalue weighted by atomic mass is 19.4. The van der Waals surface area contributed by atoms with E-state index in [0.717, 1.165) is 0 Å². The summed E-state index contributed by atoms with van der Waals surface area (Å²) < 4.78 is 38.2. The first-order valence-electron chi connectivity index (χ1n) is 5.61. The molecule has 0 amide bonds. The summed E-state index contributed by atoms with van der Waals surface area (Å²) in [5.41, 5.74) is 0.766. The summed E-state index contributed by atoms with van der Waals surface area (Å²) in [4.78, 5) is 10.8. The van der Waals surface area contributed by atoms with Crippen LogP contribution in [0, 0.1) is 0 Å². The molecule has 0 fully saturated rings. The minimum absolute atomic E-state index is 0.150. The van der Waals surface area contributed by atoms with Crippen LogP contribution < -0.4 is 5.32 Å². The number of alkyl halides is 3. The Labute approximate surface area is 107 Å². The number of nitrogens with one attached hydrogen (secondary N) is 1. The van der Waals surface area contributed by atoms with E-state index in [2.05, 4.69) is 20.3 Å². The van der Waals surface area contributed by atoms with Crippen molar-refractivity contribution in [2.75, 3.05) is 11.9 Å². The van der Waals surface area contributed by atoms with E-state index >= 15 is 0 Å². The van der Waals surface area contributed by atoms with Gasteiger partial charge in [0, 0.05) is 30.6 Å². The quantitative estimate of drug-likeness (QED) is 0.929. The number of hydrogen-bond donors (Lipinski definition) is 1. The van der Waals surface area contributed by atoms with Gasteiger partial charge in [-0.2, -0.15) is 13.2 Å². The fourth-order valence-corrected chi connectivity index (χ4v) is 1.52. The average molecular weight is 268 g/mol. The van der Waals surface area contributed by atoms with Crippen molar-refractivity contribution in [1.82, 2.24) is 15.0 Å². The van der Waals surface area contributed by atoms with Gasteiger partial charge >= 0.3 is 6.18 Å². The molecule has 2 aromatic heterocycles. The summed E-state index contributed by atoms with van der Waals surface area (Å²) in [6, 6.07) is 4.67. The van der Waals surface area contributed by atoms with Crippen molar-refractivity contribution in [2.24, 2.45) is 0 Å².